The van der Waals surface area contributed by atoms with Gasteiger partial charge in [0.1, 0.15) is 0 Å². The maximum Gasteiger partial charge on any atom is 0.0589 e. The van der Waals surface area contributed by atoms with Crippen LogP contribution < -0.4 is 11.5 Å². The van der Waals surface area contributed by atoms with E-state index in [-0.39, 0.29) is 0 Å². The highest BCUT2D eigenvalue weighted by Crippen LogP contribution is 2.28. The summed E-state index contributed by atoms with van der Waals surface area (Å²) < 4.78 is 5.25. The van der Waals surface area contributed by atoms with Crippen LogP contribution in [0.25, 0.3) is 0 Å². The van der Waals surface area contributed by atoms with Crippen LogP contribution in [-0.2, 0) is 4.74 Å². The molecule has 3 nitrogen and oxygen atoms in total. The lowest BCUT2D eigenvalue weighted by Crippen LogP contribution is -2.09. The van der Waals surface area contributed by atoms with Gasteiger partial charge in [-0.2, -0.15) is 0 Å². The first kappa shape index (κ1) is 12.6. The highest BCUT2D eigenvalue weighted by Gasteiger charge is 2.00. The zero-order chi connectivity index (χ0) is 11.1. The van der Waals surface area contributed by atoms with E-state index in [2.05, 4.69) is 0 Å². The van der Waals surface area contributed by atoms with E-state index in [0.29, 0.717) is 30.5 Å². The molecule has 15 heavy (non-hydrogen) atoms. The van der Waals surface area contributed by atoms with Crippen LogP contribution in [-0.4, -0.2) is 25.5 Å². The lowest BCUT2D eigenvalue weighted by molar-refractivity contribution is 0.158. The minimum Gasteiger partial charge on any atom is -0.399 e. The summed E-state index contributed by atoms with van der Waals surface area (Å²) in [6.07, 6.45) is 0. The van der Waals surface area contributed by atoms with Gasteiger partial charge in [-0.3, -0.25) is 0 Å². The number of nitrogen functional groups attached to an aromatic ring is 1. The molecular weight excluding hydrogens is 232 g/mol. The number of ether oxygens (including phenoxy) is 1. The molecule has 0 heterocycles. The van der Waals surface area contributed by atoms with Crippen LogP contribution >= 0.6 is 23.4 Å². The number of halogens is 1. The summed E-state index contributed by atoms with van der Waals surface area (Å²) in [5.74, 6) is 0.865. The topological polar surface area (TPSA) is 61.3 Å². The first-order valence-corrected chi connectivity index (χ1v) is 6.06. The fraction of sp³-hybridized carbons (Fsp3) is 0.400. The predicted octanol–water partition coefficient (Wildman–Crippen LogP) is 1.99. The first-order chi connectivity index (χ1) is 7.24. The van der Waals surface area contributed by atoms with Crippen LogP contribution in [0.1, 0.15) is 0 Å². The molecule has 0 aliphatic heterocycles. The number of hydrogen-bond acceptors (Lipinski definition) is 4. The minimum atomic E-state index is 0.563. The van der Waals surface area contributed by atoms with Gasteiger partial charge in [0, 0.05) is 22.9 Å². The third-order valence-electron chi connectivity index (χ3n) is 1.70. The minimum absolute atomic E-state index is 0.563. The molecule has 1 aromatic rings. The van der Waals surface area contributed by atoms with Gasteiger partial charge in [-0.15, -0.1) is 11.8 Å². The van der Waals surface area contributed by atoms with E-state index in [1.165, 1.54) is 0 Å². The summed E-state index contributed by atoms with van der Waals surface area (Å²) in [4.78, 5) is 1.03. The molecule has 0 unspecified atom stereocenters. The number of anilines is 1. The van der Waals surface area contributed by atoms with Crippen molar-refractivity contribution in [2.45, 2.75) is 4.90 Å². The molecule has 0 aliphatic carbocycles. The van der Waals surface area contributed by atoms with Gasteiger partial charge < -0.3 is 16.2 Å². The Bertz CT molecular complexity index is 309. The lowest BCUT2D eigenvalue weighted by atomic mass is 10.3. The van der Waals surface area contributed by atoms with Crippen molar-refractivity contribution in [1.82, 2.24) is 0 Å². The van der Waals surface area contributed by atoms with E-state index in [9.17, 15) is 0 Å². The van der Waals surface area contributed by atoms with E-state index in [1.54, 1.807) is 17.8 Å². The van der Waals surface area contributed by atoms with E-state index < -0.39 is 0 Å². The van der Waals surface area contributed by atoms with Crippen LogP contribution in [0.4, 0.5) is 5.69 Å². The second-order valence-corrected chi connectivity index (χ2v) is 4.48. The molecule has 0 saturated heterocycles. The maximum atomic E-state index is 6.01. The predicted molar refractivity (Wildman–Crippen MR) is 66.5 cm³/mol. The Labute approximate surface area is 99.1 Å². The van der Waals surface area contributed by atoms with Crippen molar-refractivity contribution in [3.63, 3.8) is 0 Å². The highest BCUT2D eigenvalue weighted by molar-refractivity contribution is 7.99. The average molecular weight is 247 g/mol. The van der Waals surface area contributed by atoms with Crippen molar-refractivity contribution in [3.8, 4) is 0 Å². The van der Waals surface area contributed by atoms with Crippen molar-refractivity contribution in [3.05, 3.63) is 23.2 Å². The molecule has 4 N–H and O–H groups in total. The summed E-state index contributed by atoms with van der Waals surface area (Å²) in [5.41, 5.74) is 11.6. The molecule has 84 valence electrons. The maximum absolute atomic E-state index is 6.01. The van der Waals surface area contributed by atoms with Crippen LogP contribution in [0.5, 0.6) is 0 Å². The largest absolute Gasteiger partial charge is 0.399 e. The Kier molecular flexibility index (Phi) is 5.86. The van der Waals surface area contributed by atoms with Gasteiger partial charge in [0.25, 0.3) is 0 Å². The molecule has 1 rings (SSSR count). The molecule has 0 atom stereocenters. The molecule has 1 aromatic carbocycles. The van der Waals surface area contributed by atoms with E-state index in [1.807, 2.05) is 12.1 Å². The Morgan fingerprint density at radius 1 is 1.33 bits per heavy atom. The van der Waals surface area contributed by atoms with E-state index in [0.717, 1.165) is 10.6 Å². The van der Waals surface area contributed by atoms with Crippen LogP contribution in [0.2, 0.25) is 5.02 Å². The summed E-state index contributed by atoms with van der Waals surface area (Å²) in [5, 5.41) is 0.693. The zero-order valence-corrected chi connectivity index (χ0v) is 9.98. The SMILES string of the molecule is NCCOCCSc1ccc(N)cc1Cl. The summed E-state index contributed by atoms with van der Waals surface area (Å²) in [7, 11) is 0. The molecule has 5 heteroatoms. The number of thioether (sulfide) groups is 1. The van der Waals surface area contributed by atoms with Crippen LogP contribution in [0.15, 0.2) is 23.1 Å². The van der Waals surface area contributed by atoms with Gasteiger partial charge >= 0.3 is 0 Å². The zero-order valence-electron chi connectivity index (χ0n) is 8.41. The molecule has 0 saturated carbocycles. The van der Waals surface area contributed by atoms with Crippen molar-refractivity contribution >= 4 is 29.1 Å². The van der Waals surface area contributed by atoms with Gasteiger partial charge in [0.05, 0.1) is 18.2 Å². The van der Waals surface area contributed by atoms with Crippen molar-refractivity contribution in [2.24, 2.45) is 5.73 Å². The van der Waals surface area contributed by atoms with Gasteiger partial charge in [0.15, 0.2) is 0 Å². The fourth-order valence-electron chi connectivity index (χ4n) is 1.03. The number of nitrogens with two attached hydrogens (primary N) is 2. The summed E-state index contributed by atoms with van der Waals surface area (Å²) >= 11 is 7.66. The van der Waals surface area contributed by atoms with Crippen LogP contribution in [0.3, 0.4) is 0 Å². The van der Waals surface area contributed by atoms with Gasteiger partial charge in [-0.25, -0.2) is 0 Å². The second kappa shape index (κ2) is 6.95. The molecule has 0 spiro atoms. The van der Waals surface area contributed by atoms with E-state index in [4.69, 9.17) is 27.8 Å². The van der Waals surface area contributed by atoms with E-state index >= 15 is 0 Å². The number of rotatable bonds is 6. The Morgan fingerprint density at radius 3 is 2.80 bits per heavy atom. The molecule has 0 aliphatic rings. The molecule has 0 amide bonds. The third kappa shape index (κ3) is 4.75. The lowest BCUT2D eigenvalue weighted by Gasteiger charge is -2.05. The first-order valence-electron chi connectivity index (χ1n) is 4.69. The molecule has 0 aromatic heterocycles. The smallest absolute Gasteiger partial charge is 0.0589 e. The third-order valence-corrected chi connectivity index (χ3v) is 3.17. The van der Waals surface area contributed by atoms with Crippen molar-refractivity contribution < 1.29 is 4.74 Å². The number of hydrogen-bond donors (Lipinski definition) is 2. The average Bonchev–Trinajstić information content (AvgIpc) is 2.20. The Balaban J connectivity index is 2.31. The molecule has 0 bridgehead atoms. The number of benzene rings is 1. The Hall–Kier alpha value is -0.420. The quantitative estimate of drug-likeness (QED) is 0.458. The second-order valence-electron chi connectivity index (χ2n) is 2.94. The molecular formula is C10H15ClN2OS. The normalized spacial score (nSPS) is 10.5. The summed E-state index contributed by atoms with van der Waals surface area (Å²) in [6.45, 7) is 1.85. The monoisotopic (exact) mass is 246 g/mol. The standard InChI is InChI=1S/C10H15ClN2OS/c11-9-7-8(13)1-2-10(9)15-6-5-14-4-3-12/h1-2,7H,3-6,12-13H2. The van der Waals surface area contributed by atoms with Gasteiger partial charge in [-0.1, -0.05) is 11.6 Å². The van der Waals surface area contributed by atoms with Crippen LogP contribution in [0, 0.1) is 0 Å². The van der Waals surface area contributed by atoms with Crippen molar-refractivity contribution in [1.29, 1.82) is 0 Å². The fourth-order valence-corrected chi connectivity index (χ4v) is 2.16. The molecule has 0 radical (unpaired) electrons. The molecule has 0 fully saturated rings. The van der Waals surface area contributed by atoms with Gasteiger partial charge in [0.2, 0.25) is 0 Å². The van der Waals surface area contributed by atoms with Crippen molar-refractivity contribution in [2.75, 3.05) is 31.2 Å². The highest BCUT2D eigenvalue weighted by atomic mass is 35.5. The van der Waals surface area contributed by atoms with Gasteiger partial charge in [-0.05, 0) is 18.2 Å². The summed E-state index contributed by atoms with van der Waals surface area (Å²) in [6, 6.07) is 5.52. The Morgan fingerprint density at radius 2 is 2.13 bits per heavy atom.